The zero-order valence-corrected chi connectivity index (χ0v) is 15.5. The maximum atomic E-state index is 12.8. The lowest BCUT2D eigenvalue weighted by Gasteiger charge is -2.36. The van der Waals surface area contributed by atoms with E-state index >= 15 is 0 Å². The summed E-state index contributed by atoms with van der Waals surface area (Å²) in [7, 11) is 0. The third kappa shape index (κ3) is 5.05. The number of hydrogen-bond acceptors (Lipinski definition) is 3. The molecule has 1 N–H and O–H groups in total. The summed E-state index contributed by atoms with van der Waals surface area (Å²) in [6.45, 7) is 12.6. The van der Waals surface area contributed by atoms with Gasteiger partial charge in [0.15, 0.2) is 0 Å². The first kappa shape index (κ1) is 18.9. The summed E-state index contributed by atoms with van der Waals surface area (Å²) < 4.78 is 5.46. The molecule has 1 heterocycles. The van der Waals surface area contributed by atoms with Crippen LogP contribution in [0, 0.1) is 5.92 Å². The van der Waals surface area contributed by atoms with Gasteiger partial charge in [0.1, 0.15) is 0 Å². The molecule has 0 spiro atoms. The molecule has 0 saturated carbocycles. The van der Waals surface area contributed by atoms with E-state index in [1.165, 1.54) is 0 Å². The monoisotopic (exact) mass is 332 g/mol. The molecule has 0 aromatic heterocycles. The Labute approximate surface area is 146 Å². The highest BCUT2D eigenvalue weighted by atomic mass is 16.5. The number of ether oxygens (including phenoxy) is 1. The fourth-order valence-electron chi connectivity index (χ4n) is 3.27. The van der Waals surface area contributed by atoms with Gasteiger partial charge in [-0.25, -0.2) is 0 Å². The van der Waals surface area contributed by atoms with Gasteiger partial charge in [-0.15, -0.1) is 0 Å². The highest BCUT2D eigenvalue weighted by molar-refractivity contribution is 5.87. The standard InChI is InChI=1S/C20H32N2O2/c1-16(2)14-18(22-10-12-24-13-11-22)15-21-19(23)20(3,4)17-8-6-5-7-9-17/h5-9,16,18H,10-15H2,1-4H3,(H,21,23). The van der Waals surface area contributed by atoms with E-state index in [-0.39, 0.29) is 5.91 Å². The van der Waals surface area contributed by atoms with Gasteiger partial charge in [0.2, 0.25) is 5.91 Å². The number of nitrogens with one attached hydrogen (secondary N) is 1. The first-order valence-electron chi connectivity index (χ1n) is 9.07. The molecule has 0 aliphatic carbocycles. The Morgan fingerprint density at radius 1 is 1.21 bits per heavy atom. The summed E-state index contributed by atoms with van der Waals surface area (Å²) in [6, 6.07) is 10.4. The smallest absolute Gasteiger partial charge is 0.230 e. The summed E-state index contributed by atoms with van der Waals surface area (Å²) in [4.78, 5) is 15.2. The van der Waals surface area contributed by atoms with Crippen LogP contribution >= 0.6 is 0 Å². The van der Waals surface area contributed by atoms with Crippen molar-refractivity contribution < 1.29 is 9.53 Å². The largest absolute Gasteiger partial charge is 0.379 e. The second-order valence-electron chi connectivity index (χ2n) is 7.63. The van der Waals surface area contributed by atoms with Crippen LogP contribution < -0.4 is 5.32 Å². The Morgan fingerprint density at radius 3 is 2.42 bits per heavy atom. The number of amides is 1. The molecule has 4 nitrogen and oxygen atoms in total. The number of benzene rings is 1. The van der Waals surface area contributed by atoms with Gasteiger partial charge in [0, 0.05) is 25.7 Å². The number of nitrogens with zero attached hydrogens (tertiary/aromatic N) is 1. The topological polar surface area (TPSA) is 41.6 Å². The van der Waals surface area contributed by atoms with Gasteiger partial charge >= 0.3 is 0 Å². The van der Waals surface area contributed by atoms with Crippen molar-refractivity contribution in [3.05, 3.63) is 35.9 Å². The summed E-state index contributed by atoms with van der Waals surface area (Å²) in [6.07, 6.45) is 1.09. The molecule has 1 aromatic rings. The number of rotatable bonds is 7. The molecular weight excluding hydrogens is 300 g/mol. The summed E-state index contributed by atoms with van der Waals surface area (Å²) in [5, 5.41) is 3.20. The van der Waals surface area contributed by atoms with Crippen LogP contribution in [-0.4, -0.2) is 49.7 Å². The van der Waals surface area contributed by atoms with Crippen LogP contribution in [-0.2, 0) is 14.9 Å². The van der Waals surface area contributed by atoms with Crippen LogP contribution in [0.5, 0.6) is 0 Å². The van der Waals surface area contributed by atoms with Crippen molar-refractivity contribution in [3.63, 3.8) is 0 Å². The highest BCUT2D eigenvalue weighted by Crippen LogP contribution is 2.23. The zero-order valence-electron chi connectivity index (χ0n) is 15.5. The van der Waals surface area contributed by atoms with E-state index in [9.17, 15) is 4.79 Å². The van der Waals surface area contributed by atoms with Crippen molar-refractivity contribution in [2.45, 2.75) is 45.6 Å². The molecule has 0 bridgehead atoms. The van der Waals surface area contributed by atoms with Gasteiger partial charge in [0.25, 0.3) is 0 Å². The van der Waals surface area contributed by atoms with Crippen molar-refractivity contribution in [1.29, 1.82) is 0 Å². The number of morpholine rings is 1. The van der Waals surface area contributed by atoms with Crippen LogP contribution in [0.3, 0.4) is 0 Å². The van der Waals surface area contributed by atoms with E-state index in [2.05, 4.69) is 24.1 Å². The Hall–Kier alpha value is -1.39. The number of carbonyl (C=O) groups is 1. The quantitative estimate of drug-likeness (QED) is 0.835. The molecule has 24 heavy (non-hydrogen) atoms. The van der Waals surface area contributed by atoms with Gasteiger partial charge in [-0.2, -0.15) is 0 Å². The van der Waals surface area contributed by atoms with Gasteiger partial charge in [-0.3, -0.25) is 9.69 Å². The van der Waals surface area contributed by atoms with E-state index in [0.29, 0.717) is 18.5 Å². The molecule has 1 unspecified atom stereocenters. The normalized spacial score (nSPS) is 17.7. The van der Waals surface area contributed by atoms with Crippen molar-refractivity contribution in [2.75, 3.05) is 32.8 Å². The lowest BCUT2D eigenvalue weighted by atomic mass is 9.83. The van der Waals surface area contributed by atoms with Crippen molar-refractivity contribution in [1.82, 2.24) is 10.2 Å². The first-order valence-corrected chi connectivity index (χ1v) is 9.07. The van der Waals surface area contributed by atoms with E-state index in [4.69, 9.17) is 4.74 Å². The minimum Gasteiger partial charge on any atom is -0.379 e. The molecule has 134 valence electrons. The average molecular weight is 332 g/mol. The molecule has 0 radical (unpaired) electrons. The van der Waals surface area contributed by atoms with Gasteiger partial charge in [-0.1, -0.05) is 44.2 Å². The van der Waals surface area contributed by atoms with Crippen LogP contribution in [0.1, 0.15) is 39.7 Å². The Morgan fingerprint density at radius 2 is 1.83 bits per heavy atom. The molecule has 2 rings (SSSR count). The predicted octanol–water partition coefficient (Wildman–Crippen LogP) is 2.83. The lowest BCUT2D eigenvalue weighted by Crippen LogP contribution is -2.51. The zero-order chi connectivity index (χ0) is 17.6. The van der Waals surface area contributed by atoms with Crippen LogP contribution in [0.15, 0.2) is 30.3 Å². The number of hydrogen-bond donors (Lipinski definition) is 1. The molecule has 1 amide bonds. The van der Waals surface area contributed by atoms with Crippen molar-refractivity contribution in [3.8, 4) is 0 Å². The van der Waals surface area contributed by atoms with Crippen LogP contribution in [0.25, 0.3) is 0 Å². The van der Waals surface area contributed by atoms with Gasteiger partial charge < -0.3 is 10.1 Å². The minimum absolute atomic E-state index is 0.0933. The van der Waals surface area contributed by atoms with E-state index < -0.39 is 5.41 Å². The molecule has 1 atom stereocenters. The Balaban J connectivity index is 1.98. The highest BCUT2D eigenvalue weighted by Gasteiger charge is 2.30. The van der Waals surface area contributed by atoms with E-state index in [1.54, 1.807) is 0 Å². The second-order valence-corrected chi connectivity index (χ2v) is 7.63. The summed E-state index contributed by atoms with van der Waals surface area (Å²) >= 11 is 0. The molecule has 1 fully saturated rings. The minimum atomic E-state index is -0.519. The fraction of sp³-hybridized carbons (Fsp3) is 0.650. The van der Waals surface area contributed by atoms with Crippen LogP contribution in [0.4, 0.5) is 0 Å². The molecule has 1 aromatic carbocycles. The summed E-state index contributed by atoms with van der Waals surface area (Å²) in [5.41, 5.74) is 0.531. The SMILES string of the molecule is CC(C)CC(CNC(=O)C(C)(C)c1ccccc1)N1CCOCC1. The Bertz CT molecular complexity index is 508. The van der Waals surface area contributed by atoms with Crippen molar-refractivity contribution >= 4 is 5.91 Å². The maximum Gasteiger partial charge on any atom is 0.230 e. The van der Waals surface area contributed by atoms with E-state index in [1.807, 2.05) is 44.2 Å². The lowest BCUT2D eigenvalue weighted by molar-refractivity contribution is -0.126. The van der Waals surface area contributed by atoms with Crippen molar-refractivity contribution in [2.24, 2.45) is 5.92 Å². The first-order chi connectivity index (χ1) is 11.4. The Kier molecular flexibility index (Phi) is 6.81. The van der Waals surface area contributed by atoms with Gasteiger partial charge in [-0.05, 0) is 31.7 Å². The molecule has 1 aliphatic heterocycles. The number of carbonyl (C=O) groups excluding carboxylic acids is 1. The average Bonchev–Trinajstić information content (AvgIpc) is 2.59. The molecule has 1 aliphatic rings. The maximum absolute atomic E-state index is 12.8. The molecular formula is C20H32N2O2. The predicted molar refractivity (Wildman–Crippen MR) is 98.1 cm³/mol. The molecule has 1 saturated heterocycles. The molecule has 4 heteroatoms. The third-order valence-electron chi connectivity index (χ3n) is 4.87. The third-order valence-corrected chi connectivity index (χ3v) is 4.87. The second kappa shape index (κ2) is 8.63. The summed E-state index contributed by atoms with van der Waals surface area (Å²) in [5.74, 6) is 0.701. The van der Waals surface area contributed by atoms with Crippen LogP contribution in [0.2, 0.25) is 0 Å². The van der Waals surface area contributed by atoms with E-state index in [0.717, 1.165) is 38.3 Å². The fourth-order valence-corrected chi connectivity index (χ4v) is 3.27. The van der Waals surface area contributed by atoms with Gasteiger partial charge in [0.05, 0.1) is 18.6 Å².